The highest BCUT2D eigenvalue weighted by atomic mass is 79.9. The van der Waals surface area contributed by atoms with Crippen molar-refractivity contribution in [1.29, 1.82) is 0 Å². The number of carbonyl (C=O) groups excluding carboxylic acids is 1. The summed E-state index contributed by atoms with van der Waals surface area (Å²) >= 11 is 2.95. The van der Waals surface area contributed by atoms with Crippen molar-refractivity contribution in [2.75, 3.05) is 18.5 Å². The molecule has 0 bridgehead atoms. The Bertz CT molecular complexity index is 467. The molecule has 1 fully saturated rings. The van der Waals surface area contributed by atoms with Crippen LogP contribution in [0.2, 0.25) is 0 Å². The van der Waals surface area contributed by atoms with E-state index in [9.17, 15) is 13.6 Å². The third kappa shape index (κ3) is 2.52. The number of ether oxygens (including phenoxy) is 1. The number of nitrogens with two attached hydrogens (primary N) is 1. The Morgan fingerprint density at radius 3 is 2.56 bits per heavy atom. The van der Waals surface area contributed by atoms with E-state index in [1.165, 1.54) is 0 Å². The van der Waals surface area contributed by atoms with E-state index in [1.54, 1.807) is 0 Å². The highest BCUT2D eigenvalue weighted by Gasteiger charge is 2.38. The molecule has 1 amide bonds. The van der Waals surface area contributed by atoms with E-state index in [4.69, 9.17) is 10.5 Å². The molecule has 1 aromatic carbocycles. The molecule has 3 N–H and O–H groups in total. The van der Waals surface area contributed by atoms with E-state index in [0.29, 0.717) is 13.0 Å². The normalized spacial score (nSPS) is 23.1. The van der Waals surface area contributed by atoms with Crippen LogP contribution in [-0.2, 0) is 9.53 Å². The maximum atomic E-state index is 13.5. The number of carbonyl (C=O) groups is 1. The standard InChI is InChI=1S/C11H11BrF2N2O2/c12-6-3-7(13)9(8(14)4-6)16-10(17)11(15)1-2-18-5-11/h3-4H,1-2,5,15H2,(H,16,17). The lowest BCUT2D eigenvalue weighted by Crippen LogP contribution is -2.51. The molecule has 1 heterocycles. The van der Waals surface area contributed by atoms with Gasteiger partial charge in [0.1, 0.15) is 11.2 Å². The largest absolute Gasteiger partial charge is 0.379 e. The van der Waals surface area contributed by atoms with Crippen molar-refractivity contribution >= 4 is 27.5 Å². The predicted octanol–water partition coefficient (Wildman–Crippen LogP) is 1.78. The van der Waals surface area contributed by atoms with Crippen LogP contribution >= 0.6 is 15.9 Å². The van der Waals surface area contributed by atoms with Gasteiger partial charge in [-0.2, -0.15) is 0 Å². The fraction of sp³-hybridized carbons (Fsp3) is 0.364. The number of anilines is 1. The topological polar surface area (TPSA) is 64.4 Å². The van der Waals surface area contributed by atoms with Gasteiger partial charge in [-0.1, -0.05) is 15.9 Å². The van der Waals surface area contributed by atoms with Crippen molar-refractivity contribution in [1.82, 2.24) is 0 Å². The third-order valence-corrected chi connectivity index (χ3v) is 3.21. The van der Waals surface area contributed by atoms with Crippen molar-refractivity contribution in [3.63, 3.8) is 0 Å². The second-order valence-electron chi connectivity index (χ2n) is 4.16. The summed E-state index contributed by atoms with van der Waals surface area (Å²) in [4.78, 5) is 11.9. The van der Waals surface area contributed by atoms with Gasteiger partial charge in [0.15, 0.2) is 11.6 Å². The van der Waals surface area contributed by atoms with Gasteiger partial charge in [0.2, 0.25) is 5.91 Å². The number of amides is 1. The first kappa shape index (κ1) is 13.4. The molecule has 1 aromatic rings. The first-order valence-electron chi connectivity index (χ1n) is 5.25. The molecular formula is C11H11BrF2N2O2. The molecule has 1 unspecified atom stereocenters. The average molecular weight is 321 g/mol. The Hall–Kier alpha value is -1.05. The molecule has 1 atom stereocenters. The molecule has 0 radical (unpaired) electrons. The molecule has 18 heavy (non-hydrogen) atoms. The molecule has 98 valence electrons. The second-order valence-corrected chi connectivity index (χ2v) is 5.07. The molecule has 0 spiro atoms. The number of hydrogen-bond donors (Lipinski definition) is 2. The molecule has 1 aliphatic rings. The summed E-state index contributed by atoms with van der Waals surface area (Å²) in [6.07, 6.45) is 0.318. The molecule has 1 aliphatic heterocycles. The molecule has 2 rings (SSSR count). The maximum Gasteiger partial charge on any atom is 0.247 e. The monoisotopic (exact) mass is 320 g/mol. The minimum Gasteiger partial charge on any atom is -0.379 e. The Kier molecular flexibility index (Phi) is 3.65. The Balaban J connectivity index is 2.22. The Morgan fingerprint density at radius 2 is 2.06 bits per heavy atom. The van der Waals surface area contributed by atoms with E-state index in [0.717, 1.165) is 12.1 Å². The van der Waals surface area contributed by atoms with E-state index < -0.39 is 28.8 Å². The van der Waals surface area contributed by atoms with Crippen molar-refractivity contribution in [3.8, 4) is 0 Å². The zero-order chi connectivity index (χ0) is 13.3. The van der Waals surface area contributed by atoms with Crippen LogP contribution in [0.15, 0.2) is 16.6 Å². The third-order valence-electron chi connectivity index (χ3n) is 2.75. The van der Waals surface area contributed by atoms with Gasteiger partial charge >= 0.3 is 0 Å². The van der Waals surface area contributed by atoms with Crippen molar-refractivity contribution in [2.24, 2.45) is 5.73 Å². The minimum atomic E-state index is -1.23. The summed E-state index contributed by atoms with van der Waals surface area (Å²) in [6.45, 7) is 0.397. The van der Waals surface area contributed by atoms with E-state index in [1.807, 2.05) is 0 Å². The lowest BCUT2D eigenvalue weighted by molar-refractivity contribution is -0.121. The van der Waals surface area contributed by atoms with Crippen molar-refractivity contribution < 1.29 is 18.3 Å². The van der Waals surface area contributed by atoms with E-state index in [2.05, 4.69) is 21.2 Å². The van der Waals surface area contributed by atoms with Gasteiger partial charge in [-0.25, -0.2) is 8.78 Å². The Morgan fingerprint density at radius 1 is 1.44 bits per heavy atom. The van der Waals surface area contributed by atoms with Gasteiger partial charge in [-0.05, 0) is 18.6 Å². The Labute approximate surface area is 111 Å². The summed E-state index contributed by atoms with van der Waals surface area (Å²) < 4.78 is 32.3. The molecule has 0 aliphatic carbocycles. The van der Waals surface area contributed by atoms with Gasteiger partial charge in [-0.15, -0.1) is 0 Å². The summed E-state index contributed by atoms with van der Waals surface area (Å²) in [5.74, 6) is -2.38. The molecular weight excluding hydrogens is 310 g/mol. The molecule has 0 aromatic heterocycles. The average Bonchev–Trinajstić information content (AvgIpc) is 2.71. The SMILES string of the molecule is NC1(C(=O)Nc2c(F)cc(Br)cc2F)CCOC1. The molecule has 4 nitrogen and oxygen atoms in total. The lowest BCUT2D eigenvalue weighted by Gasteiger charge is -2.21. The zero-order valence-corrected chi connectivity index (χ0v) is 10.9. The van der Waals surface area contributed by atoms with Gasteiger partial charge in [0.25, 0.3) is 0 Å². The highest BCUT2D eigenvalue weighted by Crippen LogP contribution is 2.25. The first-order valence-corrected chi connectivity index (χ1v) is 6.04. The smallest absolute Gasteiger partial charge is 0.247 e. The lowest BCUT2D eigenvalue weighted by atomic mass is 9.99. The quantitative estimate of drug-likeness (QED) is 0.873. The van der Waals surface area contributed by atoms with Crippen LogP contribution in [-0.4, -0.2) is 24.7 Å². The number of nitrogens with one attached hydrogen (secondary N) is 1. The van der Waals surface area contributed by atoms with Crippen molar-refractivity contribution in [3.05, 3.63) is 28.2 Å². The fourth-order valence-electron chi connectivity index (χ4n) is 1.66. The van der Waals surface area contributed by atoms with Gasteiger partial charge in [0.05, 0.1) is 6.61 Å². The van der Waals surface area contributed by atoms with Crippen LogP contribution in [0.4, 0.5) is 14.5 Å². The van der Waals surface area contributed by atoms with Crippen LogP contribution in [0.25, 0.3) is 0 Å². The summed E-state index contributed by atoms with van der Waals surface area (Å²) in [5, 5.41) is 2.17. The zero-order valence-electron chi connectivity index (χ0n) is 9.30. The number of rotatable bonds is 2. The van der Waals surface area contributed by atoms with Gasteiger partial charge < -0.3 is 15.8 Å². The second kappa shape index (κ2) is 4.91. The maximum absolute atomic E-state index is 13.5. The summed E-state index contributed by atoms with van der Waals surface area (Å²) in [5.41, 5.74) is 4.06. The first-order chi connectivity index (χ1) is 8.42. The molecule has 1 saturated heterocycles. The van der Waals surface area contributed by atoms with E-state index >= 15 is 0 Å². The molecule has 0 saturated carbocycles. The highest BCUT2D eigenvalue weighted by molar-refractivity contribution is 9.10. The fourth-order valence-corrected chi connectivity index (χ4v) is 2.06. The number of halogens is 3. The van der Waals surface area contributed by atoms with Crippen LogP contribution < -0.4 is 11.1 Å². The van der Waals surface area contributed by atoms with Crippen LogP contribution in [0.3, 0.4) is 0 Å². The van der Waals surface area contributed by atoms with Crippen LogP contribution in [0.5, 0.6) is 0 Å². The number of hydrogen-bond acceptors (Lipinski definition) is 3. The summed E-state index contributed by atoms with van der Waals surface area (Å²) in [7, 11) is 0. The number of benzene rings is 1. The van der Waals surface area contributed by atoms with E-state index in [-0.39, 0.29) is 11.1 Å². The van der Waals surface area contributed by atoms with Crippen LogP contribution in [0, 0.1) is 11.6 Å². The predicted molar refractivity (Wildman–Crippen MR) is 65.0 cm³/mol. The van der Waals surface area contributed by atoms with Gasteiger partial charge in [0, 0.05) is 11.1 Å². The van der Waals surface area contributed by atoms with Crippen molar-refractivity contribution in [2.45, 2.75) is 12.0 Å². The minimum absolute atomic E-state index is 0.0403. The molecule has 7 heteroatoms. The van der Waals surface area contributed by atoms with Gasteiger partial charge in [-0.3, -0.25) is 4.79 Å². The summed E-state index contributed by atoms with van der Waals surface area (Å²) in [6, 6.07) is 2.13. The van der Waals surface area contributed by atoms with Crippen LogP contribution in [0.1, 0.15) is 6.42 Å².